The molecule has 3 heteroatoms. The maximum atomic E-state index is 13.2. The molecule has 0 aliphatic carbocycles. The second kappa shape index (κ2) is 5.90. The molecule has 0 saturated heterocycles. The number of nitrogens with two attached hydrogens (primary N) is 2. The molecule has 0 saturated carbocycles. The van der Waals surface area contributed by atoms with Gasteiger partial charge in [-0.2, -0.15) is 0 Å². The van der Waals surface area contributed by atoms with E-state index in [1.54, 1.807) is 0 Å². The number of hydrogen-bond acceptors (Lipinski definition) is 2. The molecule has 0 spiro atoms. The summed E-state index contributed by atoms with van der Waals surface area (Å²) >= 11 is 0. The Balaban J connectivity index is 2.10. The predicted octanol–water partition coefficient (Wildman–Crippen LogP) is 4.17. The predicted molar refractivity (Wildman–Crippen MR) is 89.1 cm³/mol. The van der Waals surface area contributed by atoms with E-state index in [0.717, 1.165) is 28.1 Å². The van der Waals surface area contributed by atoms with Gasteiger partial charge in [-0.05, 0) is 53.1 Å². The Bertz CT molecular complexity index is 639. The van der Waals surface area contributed by atoms with Crippen LogP contribution in [0.3, 0.4) is 0 Å². The van der Waals surface area contributed by atoms with E-state index in [9.17, 15) is 4.39 Å². The van der Waals surface area contributed by atoms with Crippen LogP contribution in [0.2, 0.25) is 0 Å². The molecule has 22 heavy (non-hydrogen) atoms. The van der Waals surface area contributed by atoms with Gasteiger partial charge in [0.25, 0.3) is 0 Å². The minimum atomic E-state index is -0.239. The summed E-state index contributed by atoms with van der Waals surface area (Å²) in [5.74, 6) is -0.223. The lowest BCUT2D eigenvalue weighted by molar-refractivity contribution is 0.627. The second-order valence-corrected chi connectivity index (χ2v) is 5.32. The molecule has 110 valence electrons. The van der Waals surface area contributed by atoms with E-state index in [2.05, 4.69) is 0 Å². The largest absolute Gasteiger partial charge is 0.399 e. The molecule has 3 aromatic rings. The summed E-state index contributed by atoms with van der Waals surface area (Å²) in [6, 6.07) is 22.1. The van der Waals surface area contributed by atoms with Crippen molar-refractivity contribution in [2.24, 2.45) is 0 Å². The van der Waals surface area contributed by atoms with Crippen molar-refractivity contribution >= 4 is 11.4 Å². The molecule has 0 atom stereocenters. The van der Waals surface area contributed by atoms with Crippen LogP contribution >= 0.6 is 0 Å². The molecule has 0 heterocycles. The number of benzene rings is 3. The lowest BCUT2D eigenvalue weighted by Gasteiger charge is -2.19. The molecule has 0 amide bonds. The lowest BCUT2D eigenvalue weighted by Crippen LogP contribution is -2.04. The molecule has 3 rings (SSSR count). The van der Waals surface area contributed by atoms with Crippen molar-refractivity contribution in [3.05, 3.63) is 95.3 Å². The van der Waals surface area contributed by atoms with Crippen molar-refractivity contribution in [3.8, 4) is 0 Å². The van der Waals surface area contributed by atoms with Gasteiger partial charge in [0.1, 0.15) is 5.82 Å². The van der Waals surface area contributed by atoms with Gasteiger partial charge in [0.05, 0.1) is 0 Å². The standard InChI is InChI=1S/C19H17FN2/c20-16-7-1-13(2-8-16)19(14-3-9-17(21)10-4-14)15-5-11-18(22)12-6-15/h1-12,19H,21-22H2. The number of halogens is 1. The van der Waals surface area contributed by atoms with Gasteiger partial charge in [0.2, 0.25) is 0 Å². The third-order valence-electron chi connectivity index (χ3n) is 3.74. The number of anilines is 2. The van der Waals surface area contributed by atoms with E-state index in [1.165, 1.54) is 12.1 Å². The third-order valence-corrected chi connectivity index (χ3v) is 3.74. The molecule has 0 unspecified atom stereocenters. The van der Waals surface area contributed by atoms with Gasteiger partial charge in [-0.15, -0.1) is 0 Å². The number of hydrogen-bond donors (Lipinski definition) is 2. The van der Waals surface area contributed by atoms with Gasteiger partial charge >= 0.3 is 0 Å². The van der Waals surface area contributed by atoms with Gasteiger partial charge < -0.3 is 11.5 Å². The highest BCUT2D eigenvalue weighted by molar-refractivity contribution is 5.50. The summed E-state index contributed by atoms with van der Waals surface area (Å²) in [4.78, 5) is 0. The summed E-state index contributed by atoms with van der Waals surface area (Å²) in [5.41, 5.74) is 16.2. The van der Waals surface area contributed by atoms with E-state index in [4.69, 9.17) is 11.5 Å². The molecule has 0 radical (unpaired) electrons. The highest BCUT2D eigenvalue weighted by Crippen LogP contribution is 2.32. The summed E-state index contributed by atoms with van der Waals surface area (Å²) in [7, 11) is 0. The molecule has 0 fully saturated rings. The van der Waals surface area contributed by atoms with Crippen LogP contribution in [0.5, 0.6) is 0 Å². The van der Waals surface area contributed by atoms with Gasteiger partial charge in [0.15, 0.2) is 0 Å². The number of rotatable bonds is 3. The highest BCUT2D eigenvalue weighted by atomic mass is 19.1. The SMILES string of the molecule is Nc1ccc(C(c2ccc(N)cc2)c2ccc(F)cc2)cc1. The fraction of sp³-hybridized carbons (Fsp3) is 0.0526. The molecule has 3 aromatic carbocycles. The Kier molecular flexibility index (Phi) is 3.79. The first-order valence-electron chi connectivity index (χ1n) is 7.10. The quantitative estimate of drug-likeness (QED) is 0.562. The van der Waals surface area contributed by atoms with Gasteiger partial charge in [0, 0.05) is 17.3 Å². The molecule has 4 N–H and O–H groups in total. The fourth-order valence-corrected chi connectivity index (χ4v) is 2.61. The molecule has 2 nitrogen and oxygen atoms in total. The van der Waals surface area contributed by atoms with Crippen molar-refractivity contribution in [1.29, 1.82) is 0 Å². The molecular formula is C19H17FN2. The fourth-order valence-electron chi connectivity index (χ4n) is 2.61. The van der Waals surface area contributed by atoms with Crippen LogP contribution < -0.4 is 11.5 Å². The summed E-state index contributed by atoms with van der Waals surface area (Å²) < 4.78 is 13.2. The molecule has 0 aromatic heterocycles. The third kappa shape index (κ3) is 2.93. The van der Waals surface area contributed by atoms with E-state index >= 15 is 0 Å². The van der Waals surface area contributed by atoms with Crippen LogP contribution in [-0.4, -0.2) is 0 Å². The minimum Gasteiger partial charge on any atom is -0.399 e. The lowest BCUT2D eigenvalue weighted by atomic mass is 9.85. The Morgan fingerprint density at radius 3 is 1.23 bits per heavy atom. The smallest absolute Gasteiger partial charge is 0.123 e. The van der Waals surface area contributed by atoms with Crippen molar-refractivity contribution < 1.29 is 4.39 Å². The van der Waals surface area contributed by atoms with Gasteiger partial charge in [-0.1, -0.05) is 36.4 Å². The zero-order chi connectivity index (χ0) is 15.5. The molecule has 0 aliphatic rings. The van der Waals surface area contributed by atoms with E-state index in [-0.39, 0.29) is 11.7 Å². The summed E-state index contributed by atoms with van der Waals surface area (Å²) in [6.45, 7) is 0. The van der Waals surface area contributed by atoms with Crippen LogP contribution in [-0.2, 0) is 0 Å². The first-order chi connectivity index (χ1) is 10.6. The monoisotopic (exact) mass is 292 g/mol. The zero-order valence-corrected chi connectivity index (χ0v) is 12.0. The van der Waals surface area contributed by atoms with Gasteiger partial charge in [-0.25, -0.2) is 4.39 Å². The Morgan fingerprint density at radius 1 is 0.545 bits per heavy atom. The average molecular weight is 292 g/mol. The van der Waals surface area contributed by atoms with Crippen LogP contribution in [0, 0.1) is 5.82 Å². The Labute approximate surface area is 129 Å². The zero-order valence-electron chi connectivity index (χ0n) is 12.0. The summed E-state index contributed by atoms with van der Waals surface area (Å²) in [5, 5.41) is 0. The first-order valence-corrected chi connectivity index (χ1v) is 7.10. The Hall–Kier alpha value is -2.81. The molecule has 0 aliphatic heterocycles. The van der Waals surface area contributed by atoms with Gasteiger partial charge in [-0.3, -0.25) is 0 Å². The van der Waals surface area contributed by atoms with Crippen molar-refractivity contribution in [2.45, 2.75) is 5.92 Å². The average Bonchev–Trinajstić information content (AvgIpc) is 2.53. The maximum Gasteiger partial charge on any atom is 0.123 e. The normalized spacial score (nSPS) is 10.8. The molecule has 0 bridgehead atoms. The molecular weight excluding hydrogens is 275 g/mol. The summed E-state index contributed by atoms with van der Waals surface area (Å²) in [6.07, 6.45) is 0. The van der Waals surface area contributed by atoms with Crippen molar-refractivity contribution in [2.75, 3.05) is 11.5 Å². The highest BCUT2D eigenvalue weighted by Gasteiger charge is 2.16. The van der Waals surface area contributed by atoms with Crippen molar-refractivity contribution in [1.82, 2.24) is 0 Å². The maximum absolute atomic E-state index is 13.2. The number of nitrogen functional groups attached to an aromatic ring is 2. The van der Waals surface area contributed by atoms with Crippen molar-refractivity contribution in [3.63, 3.8) is 0 Å². The van der Waals surface area contributed by atoms with Crippen LogP contribution in [0.25, 0.3) is 0 Å². The van der Waals surface area contributed by atoms with Crippen LogP contribution in [0.4, 0.5) is 15.8 Å². The van der Waals surface area contributed by atoms with E-state index in [0.29, 0.717) is 0 Å². The Morgan fingerprint density at radius 2 is 0.864 bits per heavy atom. The topological polar surface area (TPSA) is 52.0 Å². The first kappa shape index (κ1) is 14.1. The van der Waals surface area contributed by atoms with E-state index in [1.807, 2.05) is 60.7 Å². The van der Waals surface area contributed by atoms with Crippen LogP contribution in [0.15, 0.2) is 72.8 Å². The minimum absolute atomic E-state index is 0.0156. The van der Waals surface area contributed by atoms with E-state index < -0.39 is 0 Å². The van der Waals surface area contributed by atoms with Crippen LogP contribution in [0.1, 0.15) is 22.6 Å². The second-order valence-electron chi connectivity index (χ2n) is 5.32.